The van der Waals surface area contributed by atoms with Crippen LogP contribution in [0.3, 0.4) is 0 Å². The maximum absolute atomic E-state index is 13.2. The van der Waals surface area contributed by atoms with Gasteiger partial charge in [0.05, 0.1) is 6.04 Å². The predicted molar refractivity (Wildman–Crippen MR) is 148 cm³/mol. The molecule has 0 radical (unpaired) electrons. The van der Waals surface area contributed by atoms with Gasteiger partial charge in [-0.15, -0.1) is 0 Å². The van der Waals surface area contributed by atoms with Crippen molar-refractivity contribution in [2.24, 2.45) is 44.6 Å². The lowest BCUT2D eigenvalue weighted by Crippen LogP contribution is -2.57. The molecule has 40 heavy (non-hydrogen) atoms. The fourth-order valence-corrected chi connectivity index (χ4v) is 3.47. The molecule has 0 bridgehead atoms. The van der Waals surface area contributed by atoms with Gasteiger partial charge in [-0.1, -0.05) is 13.8 Å². The molecule has 0 aliphatic heterocycles. The third kappa shape index (κ3) is 16.6. The van der Waals surface area contributed by atoms with Gasteiger partial charge in [-0.2, -0.15) is 0 Å². The molecule has 17 heteroatoms. The monoisotopic (exact) mass is 572 g/mol. The molecule has 0 fully saturated rings. The highest BCUT2D eigenvalue weighted by Gasteiger charge is 2.30. The molecule has 0 aromatic rings. The van der Waals surface area contributed by atoms with Gasteiger partial charge >= 0.3 is 11.9 Å². The Bertz CT molecular complexity index is 918. The molecule has 0 spiro atoms. The average molecular weight is 573 g/mol. The maximum atomic E-state index is 13.2. The number of guanidine groups is 2. The van der Waals surface area contributed by atoms with Crippen LogP contribution >= 0.6 is 0 Å². The number of aliphatic imine (C=N–C) groups is 2. The van der Waals surface area contributed by atoms with Crippen molar-refractivity contribution in [2.75, 3.05) is 13.1 Å². The molecule has 228 valence electrons. The predicted octanol–water partition coefficient (Wildman–Crippen LogP) is -3.13. The second-order valence-electron chi connectivity index (χ2n) is 9.59. The van der Waals surface area contributed by atoms with E-state index in [4.69, 9.17) is 33.8 Å². The van der Waals surface area contributed by atoms with Gasteiger partial charge in [0, 0.05) is 19.5 Å². The quantitative estimate of drug-likeness (QED) is 0.0393. The zero-order valence-corrected chi connectivity index (χ0v) is 23.0. The summed E-state index contributed by atoms with van der Waals surface area (Å²) >= 11 is 0. The summed E-state index contributed by atoms with van der Waals surface area (Å²) in [6.07, 6.45) is 0.272. The van der Waals surface area contributed by atoms with Gasteiger partial charge in [0.15, 0.2) is 11.9 Å². The third-order valence-corrected chi connectivity index (χ3v) is 5.48. The van der Waals surface area contributed by atoms with Crippen LogP contribution in [0.4, 0.5) is 0 Å². The normalized spacial score (nSPS) is 13.7. The SMILES string of the molecule is CC(C)CC(NC(=O)C(CCCN=C(N)N)NC(=O)C(CCCN=C(N)N)NC(=O)C(N)CCC(=O)O)C(=O)O. The minimum absolute atomic E-state index is 0.0357. The molecule has 17 nitrogen and oxygen atoms in total. The van der Waals surface area contributed by atoms with E-state index in [0.717, 1.165) is 0 Å². The highest BCUT2D eigenvalue weighted by molar-refractivity contribution is 5.94. The standard InChI is InChI=1S/C23H44N10O7/c1-12(2)11-16(21(39)40)33-20(38)15(6-4-10-30-23(27)28)32-19(37)14(5-3-9-29-22(25)26)31-18(36)13(24)7-8-17(34)35/h12-16H,3-11,24H2,1-2H3,(H,31,36)(H,32,37)(H,33,38)(H,34,35)(H,39,40)(H4,25,26,29)(H4,27,28,30). The topological polar surface area (TPSA) is 317 Å². The van der Waals surface area contributed by atoms with Gasteiger partial charge in [-0.3, -0.25) is 29.2 Å². The van der Waals surface area contributed by atoms with Crippen LogP contribution in [0.2, 0.25) is 0 Å². The van der Waals surface area contributed by atoms with Crippen molar-refractivity contribution in [1.29, 1.82) is 0 Å². The third-order valence-electron chi connectivity index (χ3n) is 5.48. The Hall–Kier alpha value is -4.15. The second kappa shape index (κ2) is 19.0. The first-order valence-corrected chi connectivity index (χ1v) is 12.9. The van der Waals surface area contributed by atoms with Crippen LogP contribution in [0, 0.1) is 5.92 Å². The number of nitrogens with two attached hydrogens (primary N) is 5. The summed E-state index contributed by atoms with van der Waals surface area (Å²) in [7, 11) is 0. The van der Waals surface area contributed by atoms with Crippen molar-refractivity contribution >= 4 is 41.6 Å². The largest absolute Gasteiger partial charge is 0.481 e. The Morgan fingerprint density at radius 2 is 1.12 bits per heavy atom. The van der Waals surface area contributed by atoms with Crippen molar-refractivity contribution < 1.29 is 34.2 Å². The van der Waals surface area contributed by atoms with Crippen LogP contribution in [-0.4, -0.2) is 89.0 Å². The van der Waals surface area contributed by atoms with Crippen LogP contribution in [0.5, 0.6) is 0 Å². The molecule has 15 N–H and O–H groups in total. The molecular weight excluding hydrogens is 528 g/mol. The van der Waals surface area contributed by atoms with Crippen molar-refractivity contribution in [1.82, 2.24) is 16.0 Å². The highest BCUT2D eigenvalue weighted by Crippen LogP contribution is 2.08. The van der Waals surface area contributed by atoms with Crippen molar-refractivity contribution in [3.8, 4) is 0 Å². The van der Waals surface area contributed by atoms with E-state index in [9.17, 15) is 29.1 Å². The smallest absolute Gasteiger partial charge is 0.326 e. The lowest BCUT2D eigenvalue weighted by atomic mass is 10.0. The van der Waals surface area contributed by atoms with Gasteiger partial charge in [0.2, 0.25) is 17.7 Å². The fraction of sp³-hybridized carbons (Fsp3) is 0.696. The minimum atomic E-state index is -1.23. The van der Waals surface area contributed by atoms with E-state index in [0.29, 0.717) is 0 Å². The van der Waals surface area contributed by atoms with Crippen LogP contribution in [-0.2, 0) is 24.0 Å². The van der Waals surface area contributed by atoms with E-state index >= 15 is 0 Å². The van der Waals surface area contributed by atoms with E-state index in [-0.39, 0.29) is 75.9 Å². The van der Waals surface area contributed by atoms with Gasteiger partial charge in [-0.05, 0) is 44.4 Å². The van der Waals surface area contributed by atoms with E-state index < -0.39 is 53.8 Å². The molecule has 0 saturated carbocycles. The van der Waals surface area contributed by atoms with Crippen molar-refractivity contribution in [3.63, 3.8) is 0 Å². The van der Waals surface area contributed by atoms with E-state index in [1.165, 1.54) is 0 Å². The number of hydrogen-bond donors (Lipinski definition) is 10. The molecule has 0 aliphatic carbocycles. The summed E-state index contributed by atoms with van der Waals surface area (Å²) in [6, 6.07) is -4.76. The molecular formula is C23H44N10O7. The second-order valence-corrected chi connectivity index (χ2v) is 9.59. The lowest BCUT2D eigenvalue weighted by Gasteiger charge is -2.25. The molecule has 0 saturated heterocycles. The molecule has 4 atom stereocenters. The number of aliphatic carboxylic acids is 2. The van der Waals surface area contributed by atoms with Crippen LogP contribution < -0.4 is 44.6 Å². The average Bonchev–Trinajstić information content (AvgIpc) is 2.84. The molecule has 4 unspecified atom stereocenters. The van der Waals surface area contributed by atoms with Crippen molar-refractivity contribution in [2.45, 2.75) is 83.0 Å². The summed E-state index contributed by atoms with van der Waals surface area (Å²) in [4.78, 5) is 69.0. The number of carbonyl (C=O) groups is 5. The van der Waals surface area contributed by atoms with Gasteiger partial charge in [0.1, 0.15) is 18.1 Å². The number of nitrogens with one attached hydrogen (secondary N) is 3. The number of rotatable bonds is 20. The Morgan fingerprint density at radius 1 is 0.700 bits per heavy atom. The Labute approximate surface area is 232 Å². The number of carboxylic acid groups (broad SMARTS) is 2. The molecule has 3 amide bonds. The zero-order chi connectivity index (χ0) is 30.8. The molecule has 0 rings (SSSR count). The van der Waals surface area contributed by atoms with Gasteiger partial charge in [-0.25, -0.2) is 4.79 Å². The van der Waals surface area contributed by atoms with E-state index in [1.54, 1.807) is 13.8 Å². The molecule has 0 aromatic heterocycles. The fourth-order valence-electron chi connectivity index (χ4n) is 3.47. The first-order chi connectivity index (χ1) is 18.6. The van der Waals surface area contributed by atoms with Gasteiger partial charge in [0.25, 0.3) is 0 Å². The van der Waals surface area contributed by atoms with Crippen molar-refractivity contribution in [3.05, 3.63) is 0 Å². The Balaban J connectivity index is 5.77. The number of hydrogen-bond acceptors (Lipinski definition) is 8. The molecule has 0 heterocycles. The van der Waals surface area contributed by atoms with Crippen LogP contribution in [0.15, 0.2) is 9.98 Å². The van der Waals surface area contributed by atoms with Crippen LogP contribution in [0.1, 0.15) is 58.8 Å². The Morgan fingerprint density at radius 3 is 1.50 bits per heavy atom. The zero-order valence-electron chi connectivity index (χ0n) is 23.0. The molecule has 0 aliphatic rings. The molecule has 0 aromatic carbocycles. The van der Waals surface area contributed by atoms with Crippen LogP contribution in [0.25, 0.3) is 0 Å². The summed E-state index contributed by atoms with van der Waals surface area (Å²) in [5.41, 5.74) is 27.1. The van der Waals surface area contributed by atoms with Gasteiger partial charge < -0.3 is 54.8 Å². The van der Waals surface area contributed by atoms with E-state index in [2.05, 4.69) is 25.9 Å². The lowest BCUT2D eigenvalue weighted by molar-refractivity contribution is -0.143. The summed E-state index contributed by atoms with van der Waals surface area (Å²) < 4.78 is 0. The first-order valence-electron chi connectivity index (χ1n) is 12.9. The first kappa shape index (κ1) is 35.9. The van der Waals surface area contributed by atoms with E-state index in [1.807, 2.05) is 0 Å². The number of nitrogens with zero attached hydrogens (tertiary/aromatic N) is 2. The Kier molecular flexibility index (Phi) is 17.0. The minimum Gasteiger partial charge on any atom is -0.481 e. The number of carbonyl (C=O) groups excluding carboxylic acids is 3. The summed E-state index contributed by atoms with van der Waals surface area (Å²) in [5.74, 6) is -4.97. The highest BCUT2D eigenvalue weighted by atomic mass is 16.4. The maximum Gasteiger partial charge on any atom is 0.326 e. The number of carboxylic acids is 2. The summed E-state index contributed by atoms with van der Waals surface area (Å²) in [6.45, 7) is 3.89. The number of amides is 3. The summed E-state index contributed by atoms with van der Waals surface area (Å²) in [5, 5.41) is 25.8.